The van der Waals surface area contributed by atoms with Gasteiger partial charge in [0.15, 0.2) is 0 Å². The highest BCUT2D eigenvalue weighted by Crippen LogP contribution is 2.67. The van der Waals surface area contributed by atoms with Gasteiger partial charge in [-0.2, -0.15) is 0 Å². The Bertz CT molecular complexity index is 178. The molecular weight excluding hydrogens is 138 g/mol. The van der Waals surface area contributed by atoms with Crippen molar-refractivity contribution in [2.24, 2.45) is 10.8 Å². The first-order valence-corrected chi connectivity index (χ1v) is 4.44. The highest BCUT2D eigenvalue weighted by molar-refractivity contribution is 5.15. The summed E-state index contributed by atoms with van der Waals surface area (Å²) >= 11 is 0. The normalized spacial score (nSPS) is 46.6. The van der Waals surface area contributed by atoms with Crippen molar-refractivity contribution in [3.8, 4) is 0 Å². The molecule has 1 saturated heterocycles. The molecule has 2 aliphatic rings. The maximum atomic E-state index is 8.93. The number of hydrogen-bond donors (Lipinski definition) is 2. The monoisotopic (exact) mass is 155 g/mol. The third-order valence-electron chi connectivity index (χ3n) is 3.68. The van der Waals surface area contributed by atoms with Gasteiger partial charge in [-0.25, -0.2) is 0 Å². The van der Waals surface area contributed by atoms with Gasteiger partial charge in [0, 0.05) is 12.6 Å². The van der Waals surface area contributed by atoms with Crippen molar-refractivity contribution in [3.05, 3.63) is 0 Å². The van der Waals surface area contributed by atoms with E-state index in [1.807, 2.05) is 0 Å². The summed E-state index contributed by atoms with van der Waals surface area (Å²) in [6.07, 6.45) is 2.51. The second-order valence-electron chi connectivity index (χ2n) is 4.81. The molecule has 64 valence electrons. The minimum Gasteiger partial charge on any atom is -0.395 e. The van der Waals surface area contributed by atoms with Crippen LogP contribution in [0.1, 0.15) is 26.7 Å². The van der Waals surface area contributed by atoms with Gasteiger partial charge in [-0.15, -0.1) is 0 Å². The predicted molar refractivity (Wildman–Crippen MR) is 44.3 cm³/mol. The summed E-state index contributed by atoms with van der Waals surface area (Å²) in [5, 5.41) is 12.3. The Labute approximate surface area is 68.0 Å². The Balaban J connectivity index is 2.01. The first-order valence-electron chi connectivity index (χ1n) is 4.44. The van der Waals surface area contributed by atoms with Crippen molar-refractivity contribution in [1.82, 2.24) is 5.32 Å². The van der Waals surface area contributed by atoms with Crippen molar-refractivity contribution < 1.29 is 5.11 Å². The molecule has 0 aromatic heterocycles. The molecule has 2 heteroatoms. The lowest BCUT2D eigenvalue weighted by atomic mass is 9.93. The van der Waals surface area contributed by atoms with E-state index in [9.17, 15) is 0 Å². The van der Waals surface area contributed by atoms with Gasteiger partial charge in [0.1, 0.15) is 0 Å². The second kappa shape index (κ2) is 1.99. The molecule has 0 radical (unpaired) electrons. The van der Waals surface area contributed by atoms with E-state index in [-0.39, 0.29) is 0 Å². The van der Waals surface area contributed by atoms with Gasteiger partial charge in [0.2, 0.25) is 0 Å². The largest absolute Gasteiger partial charge is 0.395 e. The molecule has 0 bridgehead atoms. The summed E-state index contributed by atoms with van der Waals surface area (Å²) in [6.45, 7) is 6.08. The van der Waals surface area contributed by atoms with Crippen LogP contribution in [0.2, 0.25) is 0 Å². The fourth-order valence-corrected chi connectivity index (χ4v) is 2.54. The van der Waals surface area contributed by atoms with Gasteiger partial charge in [-0.3, -0.25) is 0 Å². The van der Waals surface area contributed by atoms with Gasteiger partial charge >= 0.3 is 0 Å². The second-order valence-corrected chi connectivity index (χ2v) is 4.81. The maximum Gasteiger partial charge on any atom is 0.0584 e. The van der Waals surface area contributed by atoms with Crippen molar-refractivity contribution in [2.75, 3.05) is 13.2 Å². The summed E-state index contributed by atoms with van der Waals surface area (Å²) in [4.78, 5) is 0. The average molecular weight is 155 g/mol. The molecule has 1 heterocycles. The van der Waals surface area contributed by atoms with E-state index in [0.717, 1.165) is 6.54 Å². The highest BCUT2D eigenvalue weighted by atomic mass is 16.3. The quantitative estimate of drug-likeness (QED) is 0.586. The third-order valence-corrected chi connectivity index (χ3v) is 3.68. The van der Waals surface area contributed by atoms with Crippen LogP contribution in [0, 0.1) is 10.8 Å². The SMILES string of the molecule is CC1(C)C[C@@]12CN[C@H](CO)C2. The fraction of sp³-hybridized carbons (Fsp3) is 1.00. The molecule has 1 saturated carbocycles. The van der Waals surface area contributed by atoms with Crippen LogP contribution in [0.15, 0.2) is 0 Å². The average Bonchev–Trinajstić information content (AvgIpc) is 2.35. The fourth-order valence-electron chi connectivity index (χ4n) is 2.54. The highest BCUT2D eigenvalue weighted by Gasteiger charge is 2.63. The smallest absolute Gasteiger partial charge is 0.0584 e. The molecule has 1 aliphatic carbocycles. The minimum absolute atomic E-state index is 0.303. The van der Waals surface area contributed by atoms with Crippen molar-refractivity contribution in [3.63, 3.8) is 0 Å². The van der Waals surface area contributed by atoms with E-state index in [1.54, 1.807) is 0 Å². The van der Waals surface area contributed by atoms with E-state index >= 15 is 0 Å². The van der Waals surface area contributed by atoms with Crippen LogP contribution in [0.4, 0.5) is 0 Å². The predicted octanol–water partition coefficient (Wildman–Crippen LogP) is 0.757. The van der Waals surface area contributed by atoms with E-state index in [1.165, 1.54) is 12.8 Å². The summed E-state index contributed by atoms with van der Waals surface area (Å²) in [5.41, 5.74) is 1.07. The summed E-state index contributed by atoms with van der Waals surface area (Å²) in [7, 11) is 0. The molecule has 2 rings (SSSR count). The Morgan fingerprint density at radius 1 is 1.55 bits per heavy atom. The number of rotatable bonds is 1. The molecule has 11 heavy (non-hydrogen) atoms. The number of aliphatic hydroxyl groups is 1. The first kappa shape index (κ1) is 7.56. The lowest BCUT2D eigenvalue weighted by molar-refractivity contribution is 0.249. The Hall–Kier alpha value is -0.0800. The Morgan fingerprint density at radius 2 is 2.18 bits per heavy atom. The molecule has 0 aromatic rings. The number of hydrogen-bond acceptors (Lipinski definition) is 2. The lowest BCUT2D eigenvalue weighted by Gasteiger charge is -2.11. The molecule has 2 N–H and O–H groups in total. The number of nitrogens with one attached hydrogen (secondary N) is 1. The molecule has 1 spiro atoms. The molecule has 0 unspecified atom stereocenters. The van der Waals surface area contributed by atoms with Gasteiger partial charge in [0.05, 0.1) is 6.61 Å². The third kappa shape index (κ3) is 0.926. The van der Waals surface area contributed by atoms with Crippen LogP contribution < -0.4 is 5.32 Å². The zero-order valence-electron chi connectivity index (χ0n) is 7.35. The summed E-state index contributed by atoms with van der Waals surface area (Å²) in [5.74, 6) is 0. The zero-order chi connectivity index (χ0) is 8.11. The van der Waals surface area contributed by atoms with Crippen molar-refractivity contribution in [1.29, 1.82) is 0 Å². The lowest BCUT2D eigenvalue weighted by Crippen LogP contribution is -2.24. The van der Waals surface area contributed by atoms with Crippen LogP contribution >= 0.6 is 0 Å². The van der Waals surface area contributed by atoms with Crippen molar-refractivity contribution >= 4 is 0 Å². The van der Waals surface area contributed by atoms with Gasteiger partial charge < -0.3 is 10.4 Å². The molecule has 0 amide bonds. The first-order chi connectivity index (χ1) is 5.10. The zero-order valence-corrected chi connectivity index (χ0v) is 7.35. The Kier molecular flexibility index (Phi) is 1.37. The van der Waals surface area contributed by atoms with Crippen LogP contribution in [0.25, 0.3) is 0 Å². The van der Waals surface area contributed by atoms with Gasteiger partial charge in [-0.05, 0) is 23.7 Å². The van der Waals surface area contributed by atoms with Crippen LogP contribution in [-0.4, -0.2) is 24.3 Å². The van der Waals surface area contributed by atoms with Gasteiger partial charge in [-0.1, -0.05) is 13.8 Å². The topological polar surface area (TPSA) is 32.3 Å². The van der Waals surface area contributed by atoms with Crippen molar-refractivity contribution in [2.45, 2.75) is 32.7 Å². The van der Waals surface area contributed by atoms with Crippen LogP contribution in [0.5, 0.6) is 0 Å². The Morgan fingerprint density at radius 3 is 2.45 bits per heavy atom. The molecule has 1 aliphatic heterocycles. The van der Waals surface area contributed by atoms with Gasteiger partial charge in [0.25, 0.3) is 0 Å². The van der Waals surface area contributed by atoms with E-state index in [2.05, 4.69) is 19.2 Å². The van der Waals surface area contributed by atoms with E-state index in [4.69, 9.17) is 5.11 Å². The van der Waals surface area contributed by atoms with E-state index < -0.39 is 0 Å². The van der Waals surface area contributed by atoms with Crippen LogP contribution in [0.3, 0.4) is 0 Å². The molecular formula is C9H17NO. The number of aliphatic hydroxyl groups excluding tert-OH is 1. The minimum atomic E-state index is 0.303. The maximum absolute atomic E-state index is 8.93. The summed E-state index contributed by atoms with van der Waals surface area (Å²) < 4.78 is 0. The van der Waals surface area contributed by atoms with Crippen LogP contribution in [-0.2, 0) is 0 Å². The molecule has 2 atom stereocenters. The van der Waals surface area contributed by atoms with E-state index in [0.29, 0.717) is 23.5 Å². The standard InChI is InChI=1S/C9H17NO/c1-8(2)5-9(8)3-7(4-11)10-6-9/h7,10-11H,3-6H2,1-2H3/t7-,9-/m0/s1. The summed E-state index contributed by atoms with van der Waals surface area (Å²) in [6, 6.07) is 0.372. The molecule has 2 nitrogen and oxygen atoms in total. The molecule has 2 fully saturated rings. The molecule has 0 aromatic carbocycles.